The summed E-state index contributed by atoms with van der Waals surface area (Å²) in [6.45, 7) is 7.39. The molecule has 27 heavy (non-hydrogen) atoms. The van der Waals surface area contributed by atoms with Crippen molar-refractivity contribution in [1.82, 2.24) is 9.88 Å². The lowest BCUT2D eigenvalue weighted by Crippen LogP contribution is -2.31. The molecule has 0 saturated carbocycles. The zero-order valence-corrected chi connectivity index (χ0v) is 16.7. The Hall–Kier alpha value is -2.46. The molecule has 0 aliphatic heterocycles. The van der Waals surface area contributed by atoms with E-state index in [2.05, 4.69) is 11.1 Å². The van der Waals surface area contributed by atoms with Crippen LogP contribution in [0.3, 0.4) is 0 Å². The van der Waals surface area contributed by atoms with Gasteiger partial charge in [0.05, 0.1) is 17.4 Å². The summed E-state index contributed by atoms with van der Waals surface area (Å²) in [4.78, 5) is 18.5. The van der Waals surface area contributed by atoms with Crippen LogP contribution in [0.4, 0.5) is 8.78 Å². The van der Waals surface area contributed by atoms with Gasteiger partial charge in [-0.25, -0.2) is 13.8 Å². The number of benzene rings is 1. The van der Waals surface area contributed by atoms with Crippen molar-refractivity contribution in [2.24, 2.45) is 0 Å². The number of nitriles is 1. The zero-order valence-electron chi connectivity index (χ0n) is 15.9. The number of hydrogen-bond donors (Lipinski definition) is 0. The molecule has 1 atom stereocenters. The van der Waals surface area contributed by atoms with E-state index in [0.717, 1.165) is 29.0 Å². The molecule has 1 heterocycles. The topological polar surface area (TPSA) is 57.0 Å². The Kier molecular flexibility index (Phi) is 6.55. The van der Waals surface area contributed by atoms with Gasteiger partial charge >= 0.3 is 0 Å². The van der Waals surface area contributed by atoms with Crippen molar-refractivity contribution < 1.29 is 13.6 Å². The van der Waals surface area contributed by atoms with Gasteiger partial charge in [0, 0.05) is 12.7 Å². The van der Waals surface area contributed by atoms with Gasteiger partial charge in [-0.05, 0) is 56.5 Å². The van der Waals surface area contributed by atoms with Gasteiger partial charge in [0.15, 0.2) is 11.6 Å². The number of carbonyl (C=O) groups excluding carboxylic acids is 1. The number of halogens is 2. The maximum Gasteiger partial charge on any atom is 0.233 e. The first-order chi connectivity index (χ1) is 12.7. The van der Waals surface area contributed by atoms with Crippen molar-refractivity contribution in [1.29, 1.82) is 5.26 Å². The Morgan fingerprint density at radius 3 is 2.52 bits per heavy atom. The molecule has 0 bridgehead atoms. The normalized spacial score (nSPS) is 11.8. The van der Waals surface area contributed by atoms with Gasteiger partial charge < -0.3 is 4.90 Å². The molecule has 0 radical (unpaired) electrons. The molecule has 0 saturated heterocycles. The number of thioether (sulfide) groups is 1. The maximum absolute atomic E-state index is 13.4. The van der Waals surface area contributed by atoms with Crippen molar-refractivity contribution >= 4 is 17.7 Å². The first kappa shape index (κ1) is 20.8. The molecular weight excluding hydrogens is 368 g/mol. The number of aryl methyl sites for hydroxylation is 1. The summed E-state index contributed by atoms with van der Waals surface area (Å²) in [6, 6.07) is 5.35. The second-order valence-electron chi connectivity index (χ2n) is 6.38. The van der Waals surface area contributed by atoms with Crippen LogP contribution in [0, 0.1) is 43.7 Å². The standard InChI is InChI=1S/C20H21F2N3OS/c1-11-12(2)16(9-23)20(24-13(11)3)27-10-19(26)25(5)14(4)15-6-7-17(21)18(22)8-15/h6-8,14H,10H2,1-5H3. The Morgan fingerprint density at radius 1 is 1.26 bits per heavy atom. The molecule has 2 aromatic rings. The first-order valence-corrected chi connectivity index (χ1v) is 9.37. The molecule has 0 fully saturated rings. The van der Waals surface area contributed by atoms with Crippen molar-refractivity contribution in [2.45, 2.75) is 38.8 Å². The number of pyridine rings is 1. The third-order valence-corrected chi connectivity index (χ3v) is 5.77. The minimum atomic E-state index is -0.942. The molecule has 1 amide bonds. The van der Waals surface area contributed by atoms with Crippen molar-refractivity contribution in [3.63, 3.8) is 0 Å². The summed E-state index contributed by atoms with van der Waals surface area (Å²) < 4.78 is 26.5. The van der Waals surface area contributed by atoms with Gasteiger partial charge in [-0.15, -0.1) is 0 Å². The highest BCUT2D eigenvalue weighted by Gasteiger charge is 2.20. The molecule has 1 unspecified atom stereocenters. The second-order valence-corrected chi connectivity index (χ2v) is 7.35. The highest BCUT2D eigenvalue weighted by atomic mass is 32.2. The average molecular weight is 389 g/mol. The van der Waals surface area contributed by atoms with Gasteiger partial charge in [0.25, 0.3) is 0 Å². The van der Waals surface area contributed by atoms with Crippen LogP contribution in [0.25, 0.3) is 0 Å². The largest absolute Gasteiger partial charge is 0.338 e. The number of carbonyl (C=O) groups is 1. The summed E-state index contributed by atoms with van der Waals surface area (Å²) >= 11 is 1.20. The van der Waals surface area contributed by atoms with Crippen molar-refractivity contribution in [2.75, 3.05) is 12.8 Å². The second kappa shape index (κ2) is 8.49. The predicted octanol–water partition coefficient (Wildman–Crippen LogP) is 4.47. The van der Waals surface area contributed by atoms with Gasteiger partial charge in [0.2, 0.25) is 5.91 Å². The third kappa shape index (κ3) is 4.45. The van der Waals surface area contributed by atoms with E-state index < -0.39 is 17.7 Å². The van der Waals surface area contributed by atoms with Gasteiger partial charge in [-0.3, -0.25) is 4.79 Å². The molecule has 1 aromatic carbocycles. The van der Waals surface area contributed by atoms with E-state index in [9.17, 15) is 18.8 Å². The number of rotatable bonds is 5. The Morgan fingerprint density at radius 2 is 1.93 bits per heavy atom. The minimum absolute atomic E-state index is 0.0914. The molecule has 1 aromatic heterocycles. The molecular formula is C20H21F2N3OS. The molecule has 2 rings (SSSR count). The summed E-state index contributed by atoms with van der Waals surface area (Å²) in [7, 11) is 1.61. The molecule has 4 nitrogen and oxygen atoms in total. The fourth-order valence-corrected chi connectivity index (χ4v) is 3.60. The number of hydrogen-bond acceptors (Lipinski definition) is 4. The van der Waals surface area contributed by atoms with E-state index in [1.807, 2.05) is 20.8 Å². The zero-order chi connectivity index (χ0) is 20.3. The Balaban J connectivity index is 2.13. The van der Waals surface area contributed by atoms with Gasteiger partial charge in [-0.1, -0.05) is 17.8 Å². The summed E-state index contributed by atoms with van der Waals surface area (Å²) in [6.07, 6.45) is 0. The number of aromatic nitrogens is 1. The predicted molar refractivity (Wildman–Crippen MR) is 101 cm³/mol. The van der Waals surface area contributed by atoms with E-state index in [-0.39, 0.29) is 11.7 Å². The van der Waals surface area contributed by atoms with Crippen LogP contribution in [0.5, 0.6) is 0 Å². The molecule has 0 N–H and O–H groups in total. The Bertz CT molecular complexity index is 924. The summed E-state index contributed by atoms with van der Waals surface area (Å²) in [5, 5.41) is 9.94. The Labute approximate surface area is 162 Å². The average Bonchev–Trinajstić information content (AvgIpc) is 2.65. The first-order valence-electron chi connectivity index (χ1n) is 8.38. The summed E-state index contributed by atoms with van der Waals surface area (Å²) in [5.74, 6) is -1.97. The lowest BCUT2D eigenvalue weighted by atomic mass is 10.1. The van der Waals surface area contributed by atoms with Crippen molar-refractivity contribution in [3.8, 4) is 6.07 Å². The number of nitrogens with zero attached hydrogens (tertiary/aromatic N) is 3. The lowest BCUT2D eigenvalue weighted by molar-refractivity contribution is -0.128. The molecule has 0 aliphatic rings. The van der Waals surface area contributed by atoms with Crippen LogP contribution < -0.4 is 0 Å². The quantitative estimate of drug-likeness (QED) is 0.708. The van der Waals surface area contributed by atoms with Crippen LogP contribution in [0.1, 0.15) is 40.9 Å². The maximum atomic E-state index is 13.4. The van der Waals surface area contributed by atoms with Crippen molar-refractivity contribution in [3.05, 3.63) is 57.8 Å². The van der Waals surface area contributed by atoms with Crippen LogP contribution in [0.2, 0.25) is 0 Å². The highest BCUT2D eigenvalue weighted by molar-refractivity contribution is 8.00. The van der Waals surface area contributed by atoms with Gasteiger partial charge in [-0.2, -0.15) is 5.26 Å². The molecule has 142 valence electrons. The van der Waals surface area contributed by atoms with Crippen LogP contribution in [-0.2, 0) is 4.79 Å². The van der Waals surface area contributed by atoms with Crippen LogP contribution >= 0.6 is 11.8 Å². The van der Waals surface area contributed by atoms with E-state index in [1.54, 1.807) is 14.0 Å². The smallest absolute Gasteiger partial charge is 0.233 e. The van der Waals surface area contributed by atoms with E-state index >= 15 is 0 Å². The lowest BCUT2D eigenvalue weighted by Gasteiger charge is -2.25. The SMILES string of the molecule is Cc1nc(SCC(=O)N(C)C(C)c2ccc(F)c(F)c2)c(C#N)c(C)c1C. The number of amides is 1. The minimum Gasteiger partial charge on any atom is -0.338 e. The van der Waals surface area contributed by atoms with Gasteiger partial charge in [0.1, 0.15) is 11.1 Å². The monoisotopic (exact) mass is 389 g/mol. The van der Waals surface area contributed by atoms with Crippen LogP contribution in [-0.4, -0.2) is 28.6 Å². The highest BCUT2D eigenvalue weighted by Crippen LogP contribution is 2.28. The molecule has 7 heteroatoms. The summed E-state index contributed by atoms with van der Waals surface area (Å²) in [5.41, 5.74) is 3.64. The fourth-order valence-electron chi connectivity index (χ4n) is 2.59. The molecule has 0 spiro atoms. The third-order valence-electron chi connectivity index (χ3n) is 4.81. The van der Waals surface area contributed by atoms with Crippen LogP contribution in [0.15, 0.2) is 23.2 Å². The van der Waals surface area contributed by atoms with E-state index in [4.69, 9.17) is 0 Å². The van der Waals surface area contributed by atoms with E-state index in [1.165, 1.54) is 22.7 Å². The molecule has 0 aliphatic carbocycles. The fraction of sp³-hybridized carbons (Fsp3) is 0.350. The van der Waals surface area contributed by atoms with E-state index in [0.29, 0.717) is 16.2 Å².